The minimum atomic E-state index is -3.34. The molecule has 0 spiro atoms. The summed E-state index contributed by atoms with van der Waals surface area (Å²) < 4.78 is 38.1. The Morgan fingerprint density at radius 2 is 1.44 bits per heavy atom. The smallest absolute Gasteiger partial charge is 0.337 e. The van der Waals surface area contributed by atoms with Gasteiger partial charge in [-0.05, 0) is 95.1 Å². The van der Waals surface area contributed by atoms with Gasteiger partial charge < -0.3 is 14.0 Å². The van der Waals surface area contributed by atoms with E-state index in [1.807, 2.05) is 77.5 Å². The number of hydrogen-bond donors (Lipinski definition) is 1. The number of hydrogen-bond acceptors (Lipinski definition) is 6. The molecule has 1 N–H and O–H groups in total. The number of carbonyl (C=O) groups is 1. The third-order valence-corrected chi connectivity index (χ3v) is 8.81. The van der Waals surface area contributed by atoms with Crippen molar-refractivity contribution in [1.82, 2.24) is 9.55 Å². The fraction of sp³-hybridized carbons (Fsp3) is 0.0769. The fourth-order valence-electron chi connectivity index (χ4n) is 5.19. The van der Waals surface area contributed by atoms with Crippen LogP contribution in [0.4, 0.5) is 5.69 Å². The number of nitrogens with zero attached hydrogens (tertiary/aromatic N) is 2. The summed E-state index contributed by atoms with van der Waals surface area (Å²) in [6.45, 7) is 0.518. The zero-order valence-electron chi connectivity index (χ0n) is 27.0. The number of halogens is 2. The first-order chi connectivity index (χ1) is 24.0. The van der Waals surface area contributed by atoms with Crippen molar-refractivity contribution in [3.05, 3.63) is 154 Å². The SMILES string of the molecule is COC(=O)c1ccc(Cn2cc(-c3ccc(Cl)cc3Cl)nc2/C=C/c2ccc(-c3ccc(Oc4ccc(NS(C)(=O)=O)cc4)cc3)cc2)cc1. The first kappa shape index (κ1) is 34.5. The Bertz CT molecular complexity index is 2270. The topological polar surface area (TPSA) is 99.5 Å². The lowest BCUT2D eigenvalue weighted by molar-refractivity contribution is 0.0600. The maximum atomic E-state index is 11.9. The standard InChI is InChI=1S/C39H31Cl2N3O5S/c1-48-39(45)30-10-5-27(6-11-30)24-44-25-37(35-21-14-31(40)23-36(35)41)42-38(44)22-7-26-3-8-28(9-4-26)29-12-17-33(18-13-29)49-34-19-15-32(16-20-34)43-50(2,46)47/h3-23,25,43H,24H2,1-2H3/b22-7+. The summed E-state index contributed by atoms with van der Waals surface area (Å²) in [5.74, 6) is 1.59. The summed E-state index contributed by atoms with van der Waals surface area (Å²) in [7, 11) is -1.98. The number of aromatic nitrogens is 2. The molecule has 0 fully saturated rings. The first-order valence-corrected chi connectivity index (χ1v) is 18.0. The molecule has 0 saturated heterocycles. The highest BCUT2D eigenvalue weighted by Gasteiger charge is 2.13. The fourth-order valence-corrected chi connectivity index (χ4v) is 6.26. The number of rotatable bonds is 11. The molecule has 1 heterocycles. The quantitative estimate of drug-likeness (QED) is 0.134. The van der Waals surface area contributed by atoms with Crippen LogP contribution in [0.1, 0.15) is 27.3 Å². The highest BCUT2D eigenvalue weighted by Crippen LogP contribution is 2.31. The van der Waals surface area contributed by atoms with Gasteiger partial charge in [0, 0.05) is 29.0 Å². The number of esters is 1. The predicted molar refractivity (Wildman–Crippen MR) is 200 cm³/mol. The molecule has 0 bridgehead atoms. The number of nitrogens with one attached hydrogen (secondary N) is 1. The molecule has 5 aromatic carbocycles. The lowest BCUT2D eigenvalue weighted by Crippen LogP contribution is -2.09. The van der Waals surface area contributed by atoms with Crippen molar-refractivity contribution >= 4 is 57.0 Å². The Labute approximate surface area is 300 Å². The summed E-state index contributed by atoms with van der Waals surface area (Å²) >= 11 is 12.7. The van der Waals surface area contributed by atoms with Crippen LogP contribution in [0.3, 0.4) is 0 Å². The maximum absolute atomic E-state index is 11.9. The number of carbonyl (C=O) groups excluding carboxylic acids is 1. The van der Waals surface area contributed by atoms with E-state index >= 15 is 0 Å². The molecule has 0 unspecified atom stereocenters. The lowest BCUT2D eigenvalue weighted by atomic mass is 10.0. The second-order valence-corrected chi connectivity index (χ2v) is 14.0. The Morgan fingerprint density at radius 1 is 0.820 bits per heavy atom. The van der Waals surface area contributed by atoms with Gasteiger partial charge in [-0.25, -0.2) is 18.2 Å². The Balaban J connectivity index is 1.17. The summed E-state index contributed by atoms with van der Waals surface area (Å²) in [5, 5.41) is 1.05. The van der Waals surface area contributed by atoms with Gasteiger partial charge in [0.25, 0.3) is 0 Å². The van der Waals surface area contributed by atoms with Gasteiger partial charge in [-0.1, -0.05) is 77.8 Å². The highest BCUT2D eigenvalue weighted by molar-refractivity contribution is 7.92. The van der Waals surface area contributed by atoms with Crippen LogP contribution in [-0.2, 0) is 21.3 Å². The largest absolute Gasteiger partial charge is 0.465 e. The van der Waals surface area contributed by atoms with Crippen molar-refractivity contribution in [3.63, 3.8) is 0 Å². The van der Waals surface area contributed by atoms with Gasteiger partial charge in [-0.2, -0.15) is 0 Å². The third kappa shape index (κ3) is 8.81. The van der Waals surface area contributed by atoms with E-state index in [0.717, 1.165) is 39.9 Å². The van der Waals surface area contributed by atoms with Gasteiger partial charge in [0.05, 0.1) is 29.6 Å². The predicted octanol–water partition coefficient (Wildman–Crippen LogP) is 9.69. The normalized spacial score (nSPS) is 11.4. The van der Waals surface area contributed by atoms with Gasteiger partial charge in [-0.3, -0.25) is 4.72 Å². The molecule has 0 radical (unpaired) electrons. The average molecular weight is 725 g/mol. The van der Waals surface area contributed by atoms with Crippen molar-refractivity contribution in [3.8, 4) is 33.9 Å². The van der Waals surface area contributed by atoms with Crippen molar-refractivity contribution in [2.75, 3.05) is 18.1 Å². The van der Waals surface area contributed by atoms with Crippen molar-refractivity contribution in [2.24, 2.45) is 0 Å². The number of sulfonamides is 1. The maximum Gasteiger partial charge on any atom is 0.337 e. The van der Waals surface area contributed by atoms with Crippen LogP contribution >= 0.6 is 23.2 Å². The number of imidazole rings is 1. The molecule has 6 rings (SSSR count). The average Bonchev–Trinajstić information content (AvgIpc) is 3.50. The van der Waals surface area contributed by atoms with Crippen molar-refractivity contribution < 1.29 is 22.7 Å². The van der Waals surface area contributed by atoms with Crippen molar-refractivity contribution in [1.29, 1.82) is 0 Å². The molecule has 0 aliphatic heterocycles. The zero-order valence-corrected chi connectivity index (χ0v) is 29.3. The van der Waals surface area contributed by atoms with E-state index in [0.29, 0.717) is 45.0 Å². The van der Waals surface area contributed by atoms with Gasteiger partial charge in [0.1, 0.15) is 17.3 Å². The van der Waals surface area contributed by atoms with E-state index < -0.39 is 10.0 Å². The summed E-state index contributed by atoms with van der Waals surface area (Å²) in [6, 6.07) is 35.2. The zero-order chi connectivity index (χ0) is 35.3. The molecule has 0 aliphatic rings. The van der Waals surface area contributed by atoms with Crippen LogP contribution in [0.25, 0.3) is 34.5 Å². The van der Waals surface area contributed by atoms with E-state index in [2.05, 4.69) is 16.9 Å². The van der Waals surface area contributed by atoms with E-state index in [-0.39, 0.29) is 5.97 Å². The van der Waals surface area contributed by atoms with E-state index in [4.69, 9.17) is 37.7 Å². The molecule has 252 valence electrons. The number of benzene rings is 5. The van der Waals surface area contributed by atoms with Crippen LogP contribution in [0, 0.1) is 0 Å². The van der Waals surface area contributed by atoms with Crippen LogP contribution < -0.4 is 9.46 Å². The summed E-state index contributed by atoms with van der Waals surface area (Å²) in [4.78, 5) is 16.8. The summed E-state index contributed by atoms with van der Waals surface area (Å²) in [6.07, 6.45) is 7.02. The molecular formula is C39H31Cl2N3O5S. The second kappa shape index (κ2) is 15.0. The first-order valence-electron chi connectivity index (χ1n) is 15.4. The Hall–Kier alpha value is -5.35. The van der Waals surface area contributed by atoms with E-state index in [9.17, 15) is 13.2 Å². The van der Waals surface area contributed by atoms with Gasteiger partial charge in [-0.15, -0.1) is 0 Å². The molecule has 0 saturated carbocycles. The van der Waals surface area contributed by atoms with Gasteiger partial charge >= 0.3 is 5.97 Å². The number of methoxy groups -OCH3 is 1. The van der Waals surface area contributed by atoms with E-state index in [1.165, 1.54) is 7.11 Å². The van der Waals surface area contributed by atoms with Gasteiger partial charge in [0.2, 0.25) is 10.0 Å². The van der Waals surface area contributed by atoms with Gasteiger partial charge in [0.15, 0.2) is 0 Å². The van der Waals surface area contributed by atoms with Crippen LogP contribution in [0.15, 0.2) is 121 Å². The van der Waals surface area contributed by atoms with Crippen LogP contribution in [0.5, 0.6) is 11.5 Å². The molecule has 50 heavy (non-hydrogen) atoms. The molecule has 6 aromatic rings. The molecule has 0 aliphatic carbocycles. The Morgan fingerprint density at radius 3 is 2.04 bits per heavy atom. The number of ether oxygens (including phenoxy) is 2. The molecule has 0 amide bonds. The lowest BCUT2D eigenvalue weighted by Gasteiger charge is -2.09. The molecular weight excluding hydrogens is 693 g/mol. The molecule has 11 heteroatoms. The Kier molecular flexibility index (Phi) is 10.4. The van der Waals surface area contributed by atoms with Crippen molar-refractivity contribution in [2.45, 2.75) is 6.54 Å². The molecule has 1 aromatic heterocycles. The monoisotopic (exact) mass is 723 g/mol. The molecule has 0 atom stereocenters. The summed E-state index contributed by atoms with van der Waals surface area (Å²) in [5.41, 5.74) is 6.48. The highest BCUT2D eigenvalue weighted by atomic mass is 35.5. The minimum Gasteiger partial charge on any atom is -0.465 e. The third-order valence-electron chi connectivity index (χ3n) is 7.66. The number of anilines is 1. The van der Waals surface area contributed by atoms with Crippen LogP contribution in [0.2, 0.25) is 10.0 Å². The molecule has 8 nitrogen and oxygen atoms in total. The van der Waals surface area contributed by atoms with E-state index in [1.54, 1.807) is 48.5 Å². The second-order valence-electron chi connectivity index (χ2n) is 11.4. The minimum absolute atomic E-state index is 0.384. The van der Waals surface area contributed by atoms with Crippen LogP contribution in [-0.4, -0.2) is 37.3 Å².